The van der Waals surface area contributed by atoms with Crippen LogP contribution in [0.3, 0.4) is 0 Å². The van der Waals surface area contributed by atoms with E-state index in [1.807, 2.05) is 18.2 Å². The van der Waals surface area contributed by atoms with Crippen molar-refractivity contribution < 1.29 is 9.78 Å². The molecule has 0 N–H and O–H groups in total. The maximum absolute atomic E-state index is 5.64. The van der Waals surface area contributed by atoms with Gasteiger partial charge in [0.2, 0.25) is 0 Å². The molecule has 1 rings (SSSR count). The van der Waals surface area contributed by atoms with Crippen LogP contribution in [0, 0.1) is 0 Å². The zero-order chi connectivity index (χ0) is 13.6. The van der Waals surface area contributed by atoms with E-state index in [1.165, 1.54) is 5.56 Å². The van der Waals surface area contributed by atoms with Crippen molar-refractivity contribution in [1.82, 2.24) is 0 Å². The normalized spacial score (nSPS) is 14.6. The van der Waals surface area contributed by atoms with E-state index in [-0.39, 0.29) is 5.60 Å². The van der Waals surface area contributed by atoms with Gasteiger partial charge in [0.05, 0.1) is 0 Å². The van der Waals surface area contributed by atoms with Gasteiger partial charge in [0.15, 0.2) is 5.75 Å². The Kier molecular flexibility index (Phi) is 5.67. The molecule has 0 heterocycles. The summed E-state index contributed by atoms with van der Waals surface area (Å²) >= 11 is 0. The molecule has 1 aromatic carbocycles. The van der Waals surface area contributed by atoms with Crippen molar-refractivity contribution in [3.05, 3.63) is 29.8 Å². The minimum Gasteiger partial charge on any atom is -0.337 e. The predicted molar refractivity (Wildman–Crippen MR) is 75.8 cm³/mol. The fraction of sp³-hybridized carbons (Fsp3) is 0.625. The van der Waals surface area contributed by atoms with E-state index in [0.717, 1.165) is 25.0 Å². The first-order valence-corrected chi connectivity index (χ1v) is 6.96. The molecule has 2 heteroatoms. The molecule has 0 radical (unpaired) electrons. The van der Waals surface area contributed by atoms with Crippen molar-refractivity contribution >= 4 is 0 Å². The van der Waals surface area contributed by atoms with Crippen LogP contribution in [-0.4, -0.2) is 5.60 Å². The summed E-state index contributed by atoms with van der Waals surface area (Å²) in [5, 5.41) is 0. The molecule has 1 atom stereocenters. The van der Waals surface area contributed by atoms with Crippen LogP contribution in [0.2, 0.25) is 0 Å². The summed E-state index contributed by atoms with van der Waals surface area (Å²) in [7, 11) is 0. The predicted octanol–water partition coefficient (Wildman–Crippen LogP) is 5.09. The van der Waals surface area contributed by atoms with Crippen LogP contribution >= 0.6 is 0 Å². The summed E-state index contributed by atoms with van der Waals surface area (Å²) in [5.74, 6) is 1.29. The molecular formula is C16H26O2. The summed E-state index contributed by atoms with van der Waals surface area (Å²) in [6.07, 6.45) is 3.05. The quantitative estimate of drug-likeness (QED) is 0.495. The van der Waals surface area contributed by atoms with Gasteiger partial charge in [-0.3, -0.25) is 0 Å². The Balaban J connectivity index is 2.65. The smallest absolute Gasteiger partial charge is 0.165 e. The van der Waals surface area contributed by atoms with Crippen molar-refractivity contribution in [2.75, 3.05) is 0 Å². The lowest BCUT2D eigenvalue weighted by molar-refractivity contribution is -0.289. The molecule has 0 amide bonds. The number of rotatable bonds is 7. The SMILES string of the molecule is CCCC(C)(CC)OOc1cccc(C(C)C)c1. The van der Waals surface area contributed by atoms with Gasteiger partial charge in [0, 0.05) is 0 Å². The standard InChI is InChI=1S/C16H26O2/c1-6-11-16(5,7-2)18-17-15-10-8-9-14(12-15)13(3)4/h8-10,12-13H,6-7,11H2,1-5H3. The van der Waals surface area contributed by atoms with Gasteiger partial charge in [-0.05, 0) is 43.4 Å². The molecule has 0 aliphatic heterocycles. The van der Waals surface area contributed by atoms with Crippen LogP contribution < -0.4 is 4.89 Å². The minimum atomic E-state index is -0.192. The lowest BCUT2D eigenvalue weighted by atomic mass is 9.98. The summed E-state index contributed by atoms with van der Waals surface area (Å²) < 4.78 is 0. The molecule has 1 aromatic rings. The van der Waals surface area contributed by atoms with Gasteiger partial charge in [-0.1, -0.05) is 46.2 Å². The Hall–Kier alpha value is -1.02. The van der Waals surface area contributed by atoms with E-state index in [1.54, 1.807) is 0 Å². The Bertz CT molecular complexity index is 360. The van der Waals surface area contributed by atoms with Gasteiger partial charge in [-0.15, -0.1) is 0 Å². The maximum atomic E-state index is 5.64. The zero-order valence-electron chi connectivity index (χ0n) is 12.3. The van der Waals surface area contributed by atoms with Crippen LogP contribution in [0.5, 0.6) is 5.75 Å². The molecule has 102 valence electrons. The topological polar surface area (TPSA) is 18.5 Å². The summed E-state index contributed by atoms with van der Waals surface area (Å²) in [4.78, 5) is 11.1. The van der Waals surface area contributed by atoms with E-state index in [2.05, 4.69) is 40.7 Å². The average Bonchev–Trinajstić information content (AvgIpc) is 2.37. The van der Waals surface area contributed by atoms with Gasteiger partial charge in [-0.2, -0.15) is 4.89 Å². The van der Waals surface area contributed by atoms with Crippen LogP contribution in [0.25, 0.3) is 0 Å². The third kappa shape index (κ3) is 4.34. The molecule has 0 fully saturated rings. The molecule has 0 saturated carbocycles. The Labute approximate surface area is 111 Å². The molecule has 2 nitrogen and oxygen atoms in total. The highest BCUT2D eigenvalue weighted by atomic mass is 17.2. The number of hydrogen-bond donors (Lipinski definition) is 0. The van der Waals surface area contributed by atoms with Gasteiger partial charge < -0.3 is 4.89 Å². The van der Waals surface area contributed by atoms with Crippen molar-refractivity contribution in [1.29, 1.82) is 0 Å². The Morgan fingerprint density at radius 3 is 2.50 bits per heavy atom. The zero-order valence-corrected chi connectivity index (χ0v) is 12.3. The van der Waals surface area contributed by atoms with Crippen LogP contribution in [0.1, 0.15) is 65.4 Å². The number of hydrogen-bond acceptors (Lipinski definition) is 2. The second kappa shape index (κ2) is 6.79. The van der Waals surface area contributed by atoms with E-state index in [0.29, 0.717) is 5.92 Å². The molecule has 0 spiro atoms. The second-order valence-electron chi connectivity index (χ2n) is 5.45. The van der Waals surface area contributed by atoms with Crippen molar-refractivity contribution in [2.45, 2.75) is 65.4 Å². The van der Waals surface area contributed by atoms with Gasteiger partial charge in [0.25, 0.3) is 0 Å². The van der Waals surface area contributed by atoms with Crippen molar-refractivity contribution in [2.24, 2.45) is 0 Å². The van der Waals surface area contributed by atoms with E-state index >= 15 is 0 Å². The Morgan fingerprint density at radius 1 is 1.22 bits per heavy atom. The fourth-order valence-electron chi connectivity index (χ4n) is 1.88. The first-order chi connectivity index (χ1) is 8.50. The maximum Gasteiger partial charge on any atom is 0.165 e. The molecule has 0 saturated heterocycles. The second-order valence-corrected chi connectivity index (χ2v) is 5.45. The monoisotopic (exact) mass is 250 g/mol. The molecule has 0 aromatic heterocycles. The number of benzene rings is 1. The summed E-state index contributed by atoms with van der Waals surface area (Å²) in [6.45, 7) is 10.7. The molecule has 0 aliphatic carbocycles. The highest BCUT2D eigenvalue weighted by molar-refractivity contribution is 5.29. The molecular weight excluding hydrogens is 224 g/mol. The molecule has 18 heavy (non-hydrogen) atoms. The van der Waals surface area contributed by atoms with E-state index < -0.39 is 0 Å². The van der Waals surface area contributed by atoms with E-state index in [9.17, 15) is 0 Å². The molecule has 0 aliphatic rings. The van der Waals surface area contributed by atoms with Gasteiger partial charge >= 0.3 is 0 Å². The van der Waals surface area contributed by atoms with Gasteiger partial charge in [0.1, 0.15) is 5.60 Å². The third-order valence-corrected chi connectivity index (χ3v) is 3.39. The van der Waals surface area contributed by atoms with Crippen molar-refractivity contribution in [3.8, 4) is 5.75 Å². The molecule has 1 unspecified atom stereocenters. The first-order valence-electron chi connectivity index (χ1n) is 6.96. The highest BCUT2D eigenvalue weighted by Crippen LogP contribution is 2.25. The van der Waals surface area contributed by atoms with Crippen LogP contribution in [0.4, 0.5) is 0 Å². The average molecular weight is 250 g/mol. The van der Waals surface area contributed by atoms with Crippen LogP contribution in [-0.2, 0) is 4.89 Å². The molecule has 0 bridgehead atoms. The fourth-order valence-corrected chi connectivity index (χ4v) is 1.88. The van der Waals surface area contributed by atoms with Crippen LogP contribution in [0.15, 0.2) is 24.3 Å². The van der Waals surface area contributed by atoms with Gasteiger partial charge in [-0.25, -0.2) is 0 Å². The van der Waals surface area contributed by atoms with Crippen molar-refractivity contribution in [3.63, 3.8) is 0 Å². The third-order valence-electron chi connectivity index (χ3n) is 3.39. The summed E-state index contributed by atoms with van der Waals surface area (Å²) in [5.41, 5.74) is 1.08. The summed E-state index contributed by atoms with van der Waals surface area (Å²) in [6, 6.07) is 8.11. The first kappa shape index (κ1) is 15.0. The highest BCUT2D eigenvalue weighted by Gasteiger charge is 2.24. The minimum absolute atomic E-state index is 0.192. The van der Waals surface area contributed by atoms with E-state index in [4.69, 9.17) is 9.78 Å². The lowest BCUT2D eigenvalue weighted by Gasteiger charge is -2.26. The lowest BCUT2D eigenvalue weighted by Crippen LogP contribution is -2.29. The Morgan fingerprint density at radius 2 is 1.94 bits per heavy atom. The largest absolute Gasteiger partial charge is 0.337 e.